The summed E-state index contributed by atoms with van der Waals surface area (Å²) >= 11 is 0. The average molecular weight is 339 g/mol. The first-order chi connectivity index (χ1) is 11.9. The third-order valence-corrected chi connectivity index (χ3v) is 3.45. The number of fused-ring (bicyclic) bond motifs is 1. The smallest absolute Gasteiger partial charge is 0.373 e. The highest BCUT2D eigenvalue weighted by Gasteiger charge is 2.10. The number of ketones is 1. The number of esters is 1. The zero-order valence-corrected chi connectivity index (χ0v) is 14.4. The zero-order valence-electron chi connectivity index (χ0n) is 14.4. The standard InChI is InChI=1S/C20H21NO4/c1-4-25-20(24)19(23)11-16(22)10-9-15-13-21(12-14(2)3)18-8-6-5-7-17(15)18/h5-11,13,23H,2,4,12H2,1,3H3/b10-9+,19-11-. The van der Waals surface area contributed by atoms with Gasteiger partial charge in [-0.2, -0.15) is 0 Å². The third kappa shape index (κ3) is 4.70. The molecule has 1 aromatic heterocycles. The van der Waals surface area contributed by atoms with Gasteiger partial charge in [-0.05, 0) is 32.1 Å². The summed E-state index contributed by atoms with van der Waals surface area (Å²) in [4.78, 5) is 23.2. The van der Waals surface area contributed by atoms with Crippen molar-refractivity contribution in [2.45, 2.75) is 20.4 Å². The lowest BCUT2D eigenvalue weighted by Gasteiger charge is -2.03. The Kier molecular flexibility index (Phi) is 5.95. The average Bonchev–Trinajstić information content (AvgIpc) is 2.90. The van der Waals surface area contributed by atoms with E-state index in [0.717, 1.165) is 28.1 Å². The number of ether oxygens (including phenoxy) is 1. The molecule has 0 spiro atoms. The molecule has 0 unspecified atom stereocenters. The van der Waals surface area contributed by atoms with E-state index in [1.54, 1.807) is 13.0 Å². The Morgan fingerprint density at radius 1 is 1.32 bits per heavy atom. The van der Waals surface area contributed by atoms with E-state index in [1.165, 1.54) is 6.08 Å². The minimum atomic E-state index is -0.915. The Labute approximate surface area is 146 Å². The topological polar surface area (TPSA) is 68.5 Å². The van der Waals surface area contributed by atoms with Gasteiger partial charge in [0, 0.05) is 35.3 Å². The molecule has 5 nitrogen and oxygen atoms in total. The molecule has 5 heteroatoms. The number of aliphatic hydroxyl groups excluding tert-OH is 1. The van der Waals surface area contributed by atoms with Gasteiger partial charge in [-0.1, -0.05) is 30.4 Å². The van der Waals surface area contributed by atoms with Crippen molar-refractivity contribution in [2.75, 3.05) is 6.61 Å². The van der Waals surface area contributed by atoms with Crippen LogP contribution in [0.1, 0.15) is 19.4 Å². The molecular formula is C20H21NO4. The number of benzene rings is 1. The second-order valence-electron chi connectivity index (χ2n) is 5.67. The Balaban J connectivity index is 2.26. The summed E-state index contributed by atoms with van der Waals surface area (Å²) in [5.41, 5.74) is 2.94. The molecule has 0 amide bonds. The molecule has 0 saturated carbocycles. The number of carbonyl (C=O) groups is 2. The highest BCUT2D eigenvalue weighted by atomic mass is 16.5. The Bertz CT molecular complexity index is 871. The van der Waals surface area contributed by atoms with E-state index < -0.39 is 17.5 Å². The van der Waals surface area contributed by atoms with Crippen LogP contribution in [0.25, 0.3) is 17.0 Å². The monoisotopic (exact) mass is 339 g/mol. The summed E-state index contributed by atoms with van der Waals surface area (Å²) in [5.74, 6) is -2.12. The van der Waals surface area contributed by atoms with Gasteiger partial charge < -0.3 is 14.4 Å². The van der Waals surface area contributed by atoms with Crippen molar-refractivity contribution < 1.29 is 19.4 Å². The lowest BCUT2D eigenvalue weighted by molar-refractivity contribution is -0.141. The van der Waals surface area contributed by atoms with Crippen LogP contribution in [-0.4, -0.2) is 28.0 Å². The lowest BCUT2D eigenvalue weighted by atomic mass is 10.1. The highest BCUT2D eigenvalue weighted by molar-refractivity contribution is 6.06. The van der Waals surface area contributed by atoms with Gasteiger partial charge >= 0.3 is 5.97 Å². The number of aliphatic hydroxyl groups is 1. The van der Waals surface area contributed by atoms with Crippen LogP contribution in [0, 0.1) is 0 Å². The Hall–Kier alpha value is -3.08. The second kappa shape index (κ2) is 8.15. The van der Waals surface area contributed by atoms with E-state index in [-0.39, 0.29) is 6.61 Å². The molecule has 0 aliphatic carbocycles. The van der Waals surface area contributed by atoms with Crippen molar-refractivity contribution in [3.8, 4) is 0 Å². The van der Waals surface area contributed by atoms with E-state index in [9.17, 15) is 14.7 Å². The van der Waals surface area contributed by atoms with Crippen LogP contribution in [0.2, 0.25) is 0 Å². The van der Waals surface area contributed by atoms with Crippen LogP contribution in [-0.2, 0) is 20.9 Å². The number of nitrogens with zero attached hydrogens (tertiary/aromatic N) is 1. The molecule has 0 aliphatic rings. The second-order valence-corrected chi connectivity index (χ2v) is 5.67. The minimum absolute atomic E-state index is 0.128. The normalized spacial score (nSPS) is 11.8. The number of carbonyl (C=O) groups excluding carboxylic acids is 2. The third-order valence-electron chi connectivity index (χ3n) is 3.45. The summed E-state index contributed by atoms with van der Waals surface area (Å²) < 4.78 is 6.68. The summed E-state index contributed by atoms with van der Waals surface area (Å²) in [7, 11) is 0. The molecule has 0 fully saturated rings. The van der Waals surface area contributed by atoms with Gasteiger partial charge in [-0.15, -0.1) is 0 Å². The summed E-state index contributed by atoms with van der Waals surface area (Å²) in [5, 5.41) is 10.5. The van der Waals surface area contributed by atoms with Gasteiger partial charge in [-0.25, -0.2) is 4.79 Å². The predicted octanol–water partition coefficient (Wildman–Crippen LogP) is 3.80. The van der Waals surface area contributed by atoms with E-state index in [0.29, 0.717) is 6.54 Å². The predicted molar refractivity (Wildman–Crippen MR) is 98.1 cm³/mol. The molecule has 0 radical (unpaired) electrons. The van der Waals surface area contributed by atoms with Crippen LogP contribution in [0.3, 0.4) is 0 Å². The Morgan fingerprint density at radius 2 is 2.04 bits per heavy atom. The van der Waals surface area contributed by atoms with Crippen molar-refractivity contribution in [3.63, 3.8) is 0 Å². The van der Waals surface area contributed by atoms with E-state index in [2.05, 4.69) is 15.9 Å². The van der Waals surface area contributed by atoms with Gasteiger partial charge in [0.1, 0.15) is 0 Å². The number of hydrogen-bond acceptors (Lipinski definition) is 4. The van der Waals surface area contributed by atoms with Crippen LogP contribution < -0.4 is 0 Å². The van der Waals surface area contributed by atoms with Crippen molar-refractivity contribution in [3.05, 3.63) is 66.1 Å². The molecule has 1 aromatic carbocycles. The molecule has 1 heterocycles. The fourth-order valence-corrected chi connectivity index (χ4v) is 2.45. The molecule has 1 N–H and O–H groups in total. The lowest BCUT2D eigenvalue weighted by Crippen LogP contribution is -2.08. The maximum atomic E-state index is 11.9. The van der Waals surface area contributed by atoms with Crippen LogP contribution in [0.15, 0.2) is 60.5 Å². The summed E-state index contributed by atoms with van der Waals surface area (Å²) in [6, 6.07) is 7.86. The zero-order chi connectivity index (χ0) is 18.4. The largest absolute Gasteiger partial charge is 0.502 e. The van der Waals surface area contributed by atoms with Gasteiger partial charge in [-0.3, -0.25) is 4.79 Å². The number of aromatic nitrogens is 1. The number of hydrogen-bond donors (Lipinski definition) is 1. The van der Waals surface area contributed by atoms with Gasteiger partial charge in [0.25, 0.3) is 0 Å². The van der Waals surface area contributed by atoms with Crippen molar-refractivity contribution >= 4 is 28.7 Å². The maximum Gasteiger partial charge on any atom is 0.373 e. The van der Waals surface area contributed by atoms with Crippen molar-refractivity contribution in [1.29, 1.82) is 0 Å². The van der Waals surface area contributed by atoms with E-state index >= 15 is 0 Å². The first-order valence-electron chi connectivity index (χ1n) is 7.94. The molecule has 2 rings (SSSR count). The van der Waals surface area contributed by atoms with Crippen molar-refractivity contribution in [1.82, 2.24) is 4.57 Å². The first kappa shape index (κ1) is 18.3. The van der Waals surface area contributed by atoms with Gasteiger partial charge in [0.2, 0.25) is 5.76 Å². The number of rotatable bonds is 7. The molecule has 25 heavy (non-hydrogen) atoms. The summed E-state index contributed by atoms with van der Waals surface area (Å²) in [6.45, 7) is 8.32. The fraction of sp³-hybridized carbons (Fsp3) is 0.200. The van der Waals surface area contributed by atoms with Crippen LogP contribution >= 0.6 is 0 Å². The number of para-hydroxylation sites is 1. The summed E-state index contributed by atoms with van der Waals surface area (Å²) in [6.07, 6.45) is 5.76. The number of allylic oxidation sites excluding steroid dienone is 3. The highest BCUT2D eigenvalue weighted by Crippen LogP contribution is 2.23. The molecule has 0 atom stereocenters. The quantitative estimate of drug-likeness (QED) is 0.360. The van der Waals surface area contributed by atoms with Gasteiger partial charge in [0.05, 0.1) is 6.61 Å². The Morgan fingerprint density at radius 3 is 2.72 bits per heavy atom. The van der Waals surface area contributed by atoms with Crippen LogP contribution in [0.4, 0.5) is 0 Å². The molecule has 0 saturated heterocycles. The maximum absolute atomic E-state index is 11.9. The van der Waals surface area contributed by atoms with E-state index in [4.69, 9.17) is 0 Å². The molecule has 130 valence electrons. The SMILES string of the molecule is C=C(C)Cn1cc(/C=C/C(=O)/C=C(\O)C(=O)OCC)c2ccccc21. The molecular weight excluding hydrogens is 318 g/mol. The molecule has 0 bridgehead atoms. The van der Waals surface area contributed by atoms with Crippen LogP contribution in [0.5, 0.6) is 0 Å². The molecule has 0 aliphatic heterocycles. The minimum Gasteiger partial charge on any atom is -0.502 e. The van der Waals surface area contributed by atoms with E-state index in [1.807, 2.05) is 37.4 Å². The fourth-order valence-electron chi connectivity index (χ4n) is 2.45. The van der Waals surface area contributed by atoms with Gasteiger partial charge in [0.15, 0.2) is 5.78 Å². The van der Waals surface area contributed by atoms with Crippen molar-refractivity contribution in [2.24, 2.45) is 0 Å². The molecule has 2 aromatic rings. The first-order valence-corrected chi connectivity index (χ1v) is 7.94.